The van der Waals surface area contributed by atoms with Crippen LogP contribution in [0.3, 0.4) is 0 Å². The van der Waals surface area contributed by atoms with Gasteiger partial charge in [-0.25, -0.2) is 4.79 Å². The fraction of sp³-hybridized carbons (Fsp3) is 0.344. The molecule has 1 aliphatic heterocycles. The van der Waals surface area contributed by atoms with Crippen LogP contribution in [0.5, 0.6) is 0 Å². The van der Waals surface area contributed by atoms with E-state index in [0.29, 0.717) is 23.9 Å². The second-order valence-electron chi connectivity index (χ2n) is 10.5. The molecule has 7 nitrogen and oxygen atoms in total. The van der Waals surface area contributed by atoms with Crippen molar-refractivity contribution < 1.29 is 4.79 Å². The van der Waals surface area contributed by atoms with Gasteiger partial charge in [-0.3, -0.25) is 23.6 Å². The molecule has 0 unspecified atom stereocenters. The summed E-state index contributed by atoms with van der Waals surface area (Å²) in [5, 5.41) is 3.67. The van der Waals surface area contributed by atoms with E-state index in [2.05, 4.69) is 34.5 Å². The van der Waals surface area contributed by atoms with Crippen LogP contribution in [0.4, 0.5) is 0 Å². The number of piperidine rings is 1. The fourth-order valence-corrected chi connectivity index (χ4v) is 5.37. The number of amides is 1. The number of likely N-dealkylation sites (tertiary alicyclic amines) is 1. The maximum absolute atomic E-state index is 13.5. The van der Waals surface area contributed by atoms with Gasteiger partial charge >= 0.3 is 5.69 Å². The van der Waals surface area contributed by atoms with Crippen molar-refractivity contribution in [3.8, 4) is 0 Å². The van der Waals surface area contributed by atoms with E-state index >= 15 is 0 Å². The van der Waals surface area contributed by atoms with E-state index in [1.54, 1.807) is 10.6 Å². The number of fused-ring (bicyclic) bond motifs is 1. The predicted molar refractivity (Wildman–Crippen MR) is 155 cm³/mol. The molecular weight excluding hydrogens is 488 g/mol. The van der Waals surface area contributed by atoms with Gasteiger partial charge in [-0.15, -0.1) is 0 Å². The minimum atomic E-state index is -0.342. The van der Waals surface area contributed by atoms with Crippen molar-refractivity contribution in [2.75, 3.05) is 13.1 Å². The molecule has 1 aromatic heterocycles. The van der Waals surface area contributed by atoms with Crippen LogP contribution in [0.15, 0.2) is 88.5 Å². The second kappa shape index (κ2) is 12.3. The van der Waals surface area contributed by atoms with E-state index in [9.17, 15) is 14.4 Å². The van der Waals surface area contributed by atoms with E-state index in [4.69, 9.17) is 0 Å². The summed E-state index contributed by atoms with van der Waals surface area (Å²) in [5.41, 5.74) is 3.43. The van der Waals surface area contributed by atoms with Crippen LogP contribution in [0.1, 0.15) is 42.4 Å². The maximum Gasteiger partial charge on any atom is 0.331 e. The highest BCUT2D eigenvalue weighted by atomic mass is 16.2. The SMILES string of the molecule is Cc1ccc(Cn2c(=O)n(CCCC(=O)NC3CCN(Cc4ccccc4)CC3)c(=O)c3ccccc32)cc1. The van der Waals surface area contributed by atoms with Gasteiger partial charge in [0.25, 0.3) is 5.56 Å². The summed E-state index contributed by atoms with van der Waals surface area (Å²) in [6, 6.07) is 25.9. The van der Waals surface area contributed by atoms with Crippen molar-refractivity contribution in [1.82, 2.24) is 19.4 Å². The Morgan fingerprint density at radius 3 is 2.23 bits per heavy atom. The molecule has 0 spiro atoms. The predicted octanol–water partition coefficient (Wildman–Crippen LogP) is 4.08. The molecule has 5 rings (SSSR count). The van der Waals surface area contributed by atoms with Gasteiger partial charge in [0.2, 0.25) is 5.91 Å². The molecule has 0 radical (unpaired) electrons. The summed E-state index contributed by atoms with van der Waals surface area (Å²) < 4.78 is 2.94. The second-order valence-corrected chi connectivity index (χ2v) is 10.5. The molecule has 0 saturated carbocycles. The lowest BCUT2D eigenvalue weighted by Gasteiger charge is -2.32. The molecule has 1 amide bonds. The third-order valence-electron chi connectivity index (χ3n) is 7.58. The quantitative estimate of drug-likeness (QED) is 0.358. The normalized spacial score (nSPS) is 14.5. The van der Waals surface area contributed by atoms with Crippen molar-refractivity contribution in [1.29, 1.82) is 0 Å². The lowest BCUT2D eigenvalue weighted by molar-refractivity contribution is -0.122. The van der Waals surface area contributed by atoms with Crippen molar-refractivity contribution >= 4 is 16.8 Å². The molecule has 0 bridgehead atoms. The number of carbonyl (C=O) groups excluding carboxylic acids is 1. The van der Waals surface area contributed by atoms with Crippen LogP contribution in [-0.4, -0.2) is 39.1 Å². The van der Waals surface area contributed by atoms with Gasteiger partial charge in [-0.05, 0) is 49.4 Å². The van der Waals surface area contributed by atoms with Crippen LogP contribution in [0.2, 0.25) is 0 Å². The van der Waals surface area contributed by atoms with E-state index < -0.39 is 0 Å². The molecule has 0 aliphatic carbocycles. The van der Waals surface area contributed by atoms with Crippen molar-refractivity contribution in [2.45, 2.75) is 58.3 Å². The molecule has 2 heterocycles. The fourth-order valence-electron chi connectivity index (χ4n) is 5.37. The monoisotopic (exact) mass is 524 g/mol. The average molecular weight is 525 g/mol. The maximum atomic E-state index is 13.5. The molecular formula is C32H36N4O3. The number of aryl methyl sites for hydroxylation is 1. The Morgan fingerprint density at radius 1 is 0.821 bits per heavy atom. The number of benzene rings is 3. The molecule has 7 heteroatoms. The lowest BCUT2D eigenvalue weighted by atomic mass is 10.0. The van der Waals surface area contributed by atoms with Gasteiger partial charge in [-0.2, -0.15) is 0 Å². The first-order chi connectivity index (χ1) is 19.0. The Morgan fingerprint density at radius 2 is 1.49 bits per heavy atom. The minimum absolute atomic E-state index is 0.0228. The number of carbonyl (C=O) groups is 1. The lowest BCUT2D eigenvalue weighted by Crippen LogP contribution is -2.44. The first kappa shape index (κ1) is 26.6. The average Bonchev–Trinajstić information content (AvgIpc) is 2.95. The van der Waals surface area contributed by atoms with Crippen LogP contribution < -0.4 is 16.6 Å². The van der Waals surface area contributed by atoms with Crippen LogP contribution in [0, 0.1) is 6.92 Å². The highest BCUT2D eigenvalue weighted by Gasteiger charge is 2.21. The Labute approximate surface area is 228 Å². The van der Waals surface area contributed by atoms with Crippen LogP contribution in [0.25, 0.3) is 10.9 Å². The summed E-state index contributed by atoms with van der Waals surface area (Å²) in [7, 11) is 0. The molecule has 202 valence electrons. The first-order valence-electron chi connectivity index (χ1n) is 13.8. The highest BCUT2D eigenvalue weighted by Crippen LogP contribution is 2.15. The van der Waals surface area contributed by atoms with E-state index in [1.807, 2.05) is 55.5 Å². The topological polar surface area (TPSA) is 76.3 Å². The molecule has 1 aliphatic rings. The summed E-state index contributed by atoms with van der Waals surface area (Å²) in [4.78, 5) is 41.8. The van der Waals surface area contributed by atoms with Gasteiger partial charge in [0.15, 0.2) is 0 Å². The summed E-state index contributed by atoms with van der Waals surface area (Å²) >= 11 is 0. The van der Waals surface area contributed by atoms with E-state index in [1.165, 1.54) is 10.1 Å². The minimum Gasteiger partial charge on any atom is -0.353 e. The Bertz CT molecular complexity index is 1530. The first-order valence-corrected chi connectivity index (χ1v) is 13.8. The number of hydrogen-bond donors (Lipinski definition) is 1. The number of para-hydroxylation sites is 1. The molecule has 39 heavy (non-hydrogen) atoms. The molecule has 4 aromatic rings. The van der Waals surface area contributed by atoms with Crippen LogP contribution in [-0.2, 0) is 24.4 Å². The summed E-state index contributed by atoms with van der Waals surface area (Å²) in [6.07, 6.45) is 2.55. The van der Waals surface area contributed by atoms with Crippen molar-refractivity contribution in [2.24, 2.45) is 0 Å². The summed E-state index contributed by atoms with van der Waals surface area (Å²) in [6.45, 7) is 5.45. The molecule has 3 aromatic carbocycles. The molecule has 1 N–H and O–H groups in total. The van der Waals surface area contributed by atoms with E-state index in [-0.39, 0.29) is 36.2 Å². The number of nitrogens with one attached hydrogen (secondary N) is 1. The molecule has 0 atom stereocenters. The van der Waals surface area contributed by atoms with Gasteiger partial charge in [-0.1, -0.05) is 72.3 Å². The van der Waals surface area contributed by atoms with Crippen molar-refractivity contribution in [3.63, 3.8) is 0 Å². The third kappa shape index (κ3) is 6.55. The summed E-state index contributed by atoms with van der Waals surface area (Å²) in [5.74, 6) is -0.0228. The van der Waals surface area contributed by atoms with Crippen LogP contribution >= 0.6 is 0 Å². The smallest absolute Gasteiger partial charge is 0.331 e. The standard InChI is InChI=1S/C32H36N4O3/c1-24-13-15-26(16-14-24)23-36-29-11-6-5-10-28(29)31(38)35(32(36)39)19-7-12-30(37)33-27-17-20-34(21-18-27)22-25-8-3-2-4-9-25/h2-6,8-11,13-16,27H,7,12,17-23H2,1H3,(H,33,37). The number of hydrogen-bond acceptors (Lipinski definition) is 4. The van der Waals surface area contributed by atoms with Crippen molar-refractivity contribution in [3.05, 3.63) is 116 Å². The van der Waals surface area contributed by atoms with Gasteiger partial charge < -0.3 is 5.32 Å². The number of aromatic nitrogens is 2. The Balaban J connectivity index is 1.19. The molecule has 1 saturated heterocycles. The largest absolute Gasteiger partial charge is 0.353 e. The zero-order valence-electron chi connectivity index (χ0n) is 22.5. The number of nitrogens with zero attached hydrogens (tertiary/aromatic N) is 3. The molecule has 1 fully saturated rings. The zero-order valence-corrected chi connectivity index (χ0v) is 22.5. The van der Waals surface area contributed by atoms with Gasteiger partial charge in [0.05, 0.1) is 17.4 Å². The van der Waals surface area contributed by atoms with Gasteiger partial charge in [0.1, 0.15) is 0 Å². The Hall–Kier alpha value is -3.97. The third-order valence-corrected chi connectivity index (χ3v) is 7.58. The zero-order chi connectivity index (χ0) is 27.2. The number of rotatable bonds is 9. The van der Waals surface area contributed by atoms with E-state index in [0.717, 1.165) is 43.6 Å². The van der Waals surface area contributed by atoms with Gasteiger partial charge in [0, 0.05) is 38.6 Å². The Kier molecular flexibility index (Phi) is 8.37. The highest BCUT2D eigenvalue weighted by molar-refractivity contribution is 5.78.